The van der Waals surface area contributed by atoms with Gasteiger partial charge in [-0.15, -0.1) is 0 Å². The average Bonchev–Trinajstić information content (AvgIpc) is 3.36. The zero-order valence-electron chi connectivity index (χ0n) is 14.3. The van der Waals surface area contributed by atoms with Gasteiger partial charge in [0, 0.05) is 24.5 Å². The Morgan fingerprint density at radius 1 is 1.26 bits per heavy atom. The molecule has 3 aromatic rings. The molecule has 0 aliphatic carbocycles. The van der Waals surface area contributed by atoms with Crippen LogP contribution >= 0.6 is 0 Å². The number of rotatable bonds is 5. The third-order valence-corrected chi connectivity index (χ3v) is 4.43. The molecule has 3 heterocycles. The SMILES string of the molecule is O=C(NCc1nc(-c2ccncc2)n[nH]1)C1CNNC1c1cccc(F)c1. The molecule has 4 N–H and O–H groups in total. The van der Waals surface area contributed by atoms with Crippen LogP contribution in [0.2, 0.25) is 0 Å². The molecular weight excluding hydrogens is 349 g/mol. The summed E-state index contributed by atoms with van der Waals surface area (Å²) in [5.74, 6) is 0.253. The molecule has 0 radical (unpaired) electrons. The number of hydrogen-bond acceptors (Lipinski definition) is 6. The number of aromatic amines is 1. The summed E-state index contributed by atoms with van der Waals surface area (Å²) < 4.78 is 13.5. The van der Waals surface area contributed by atoms with Crippen molar-refractivity contribution < 1.29 is 9.18 Å². The van der Waals surface area contributed by atoms with Crippen molar-refractivity contribution in [3.8, 4) is 11.4 Å². The lowest BCUT2D eigenvalue weighted by Gasteiger charge is -2.18. The van der Waals surface area contributed by atoms with Crippen LogP contribution in [0.25, 0.3) is 11.4 Å². The van der Waals surface area contributed by atoms with Crippen LogP contribution in [-0.4, -0.2) is 32.6 Å². The summed E-state index contributed by atoms with van der Waals surface area (Å²) >= 11 is 0. The van der Waals surface area contributed by atoms with E-state index in [1.165, 1.54) is 12.1 Å². The zero-order chi connectivity index (χ0) is 18.6. The van der Waals surface area contributed by atoms with Crippen molar-refractivity contribution in [3.63, 3.8) is 0 Å². The molecule has 0 spiro atoms. The van der Waals surface area contributed by atoms with Gasteiger partial charge in [-0.1, -0.05) is 12.1 Å². The van der Waals surface area contributed by atoms with E-state index in [0.717, 1.165) is 11.1 Å². The van der Waals surface area contributed by atoms with Gasteiger partial charge in [0.15, 0.2) is 5.82 Å². The molecule has 27 heavy (non-hydrogen) atoms. The second kappa shape index (κ2) is 7.60. The van der Waals surface area contributed by atoms with Crippen molar-refractivity contribution in [2.75, 3.05) is 6.54 Å². The Morgan fingerprint density at radius 2 is 2.11 bits per heavy atom. The number of pyridine rings is 1. The summed E-state index contributed by atoms with van der Waals surface area (Å²) in [5, 5.41) is 9.84. The number of amides is 1. The molecule has 9 heteroatoms. The highest BCUT2D eigenvalue weighted by molar-refractivity contribution is 5.80. The fourth-order valence-corrected chi connectivity index (χ4v) is 3.06. The molecule has 1 aliphatic heterocycles. The van der Waals surface area contributed by atoms with E-state index in [-0.39, 0.29) is 30.2 Å². The largest absolute Gasteiger partial charge is 0.348 e. The molecule has 1 saturated heterocycles. The van der Waals surface area contributed by atoms with E-state index in [1.807, 2.05) is 12.1 Å². The number of hydrogen-bond donors (Lipinski definition) is 4. The lowest BCUT2D eigenvalue weighted by Crippen LogP contribution is -2.35. The molecule has 0 saturated carbocycles. The van der Waals surface area contributed by atoms with E-state index in [4.69, 9.17) is 0 Å². The topological polar surface area (TPSA) is 108 Å². The van der Waals surface area contributed by atoms with E-state index < -0.39 is 0 Å². The van der Waals surface area contributed by atoms with E-state index in [1.54, 1.807) is 24.5 Å². The number of halogens is 1. The maximum atomic E-state index is 13.5. The first kappa shape index (κ1) is 17.3. The van der Waals surface area contributed by atoms with Gasteiger partial charge in [-0.05, 0) is 29.8 Å². The average molecular weight is 367 g/mol. The number of carbonyl (C=O) groups excluding carboxylic acids is 1. The Bertz CT molecular complexity index is 930. The summed E-state index contributed by atoms with van der Waals surface area (Å²) in [6.45, 7) is 0.676. The van der Waals surface area contributed by atoms with Crippen molar-refractivity contribution in [3.05, 3.63) is 66.0 Å². The van der Waals surface area contributed by atoms with Crippen LogP contribution in [0.1, 0.15) is 17.4 Å². The second-order valence-corrected chi connectivity index (χ2v) is 6.22. The van der Waals surface area contributed by atoms with Crippen molar-refractivity contribution >= 4 is 5.91 Å². The zero-order valence-corrected chi connectivity index (χ0v) is 14.3. The monoisotopic (exact) mass is 367 g/mol. The molecule has 1 amide bonds. The van der Waals surface area contributed by atoms with E-state index in [0.29, 0.717) is 18.2 Å². The van der Waals surface area contributed by atoms with E-state index in [2.05, 4.69) is 36.3 Å². The van der Waals surface area contributed by atoms with Crippen LogP contribution < -0.4 is 16.2 Å². The first-order valence-electron chi connectivity index (χ1n) is 8.54. The van der Waals surface area contributed by atoms with Crippen molar-refractivity contribution in [1.82, 2.24) is 36.3 Å². The van der Waals surface area contributed by atoms with Gasteiger partial charge in [0.2, 0.25) is 5.91 Å². The number of benzene rings is 1. The second-order valence-electron chi connectivity index (χ2n) is 6.22. The van der Waals surface area contributed by atoms with Crippen molar-refractivity contribution in [2.24, 2.45) is 5.92 Å². The Balaban J connectivity index is 1.40. The minimum Gasteiger partial charge on any atom is -0.348 e. The summed E-state index contributed by atoms with van der Waals surface area (Å²) in [6, 6.07) is 9.56. The first-order valence-corrected chi connectivity index (χ1v) is 8.54. The minimum absolute atomic E-state index is 0.149. The summed E-state index contributed by atoms with van der Waals surface area (Å²) in [6.07, 6.45) is 3.33. The Hall–Kier alpha value is -3.17. The van der Waals surface area contributed by atoms with Crippen molar-refractivity contribution in [1.29, 1.82) is 0 Å². The van der Waals surface area contributed by atoms with Gasteiger partial charge in [0.05, 0.1) is 18.5 Å². The molecular formula is C18H18FN7O. The molecule has 1 fully saturated rings. The van der Waals surface area contributed by atoms with E-state index >= 15 is 0 Å². The molecule has 1 aromatic carbocycles. The number of hydrazine groups is 1. The molecule has 2 aromatic heterocycles. The predicted molar refractivity (Wildman–Crippen MR) is 95.2 cm³/mol. The van der Waals surface area contributed by atoms with Crippen LogP contribution in [0, 0.1) is 11.7 Å². The van der Waals surface area contributed by atoms with Gasteiger partial charge in [-0.2, -0.15) is 5.10 Å². The molecule has 4 rings (SSSR count). The maximum Gasteiger partial charge on any atom is 0.226 e. The highest BCUT2D eigenvalue weighted by atomic mass is 19.1. The Morgan fingerprint density at radius 3 is 2.93 bits per heavy atom. The van der Waals surface area contributed by atoms with Crippen LogP contribution in [0.5, 0.6) is 0 Å². The van der Waals surface area contributed by atoms with Crippen LogP contribution in [0.3, 0.4) is 0 Å². The van der Waals surface area contributed by atoms with Gasteiger partial charge < -0.3 is 5.32 Å². The molecule has 0 bridgehead atoms. The van der Waals surface area contributed by atoms with Crippen LogP contribution in [-0.2, 0) is 11.3 Å². The summed E-state index contributed by atoms with van der Waals surface area (Å²) in [4.78, 5) is 20.9. The molecule has 138 valence electrons. The number of H-pyrrole nitrogens is 1. The number of carbonyl (C=O) groups is 1. The Labute approximate surface area is 154 Å². The van der Waals surface area contributed by atoms with Gasteiger partial charge in [0.25, 0.3) is 0 Å². The first-order chi connectivity index (χ1) is 13.2. The fourth-order valence-electron chi connectivity index (χ4n) is 3.06. The van der Waals surface area contributed by atoms with Gasteiger partial charge >= 0.3 is 0 Å². The van der Waals surface area contributed by atoms with Gasteiger partial charge in [-0.3, -0.25) is 20.3 Å². The molecule has 1 aliphatic rings. The number of nitrogens with zero attached hydrogens (tertiary/aromatic N) is 3. The highest BCUT2D eigenvalue weighted by Gasteiger charge is 2.34. The molecule has 2 unspecified atom stereocenters. The lowest BCUT2D eigenvalue weighted by atomic mass is 9.94. The van der Waals surface area contributed by atoms with Gasteiger partial charge in [-0.25, -0.2) is 14.8 Å². The summed E-state index contributed by atoms with van der Waals surface area (Å²) in [7, 11) is 0. The van der Waals surface area contributed by atoms with Gasteiger partial charge in [0.1, 0.15) is 11.6 Å². The lowest BCUT2D eigenvalue weighted by molar-refractivity contribution is -0.125. The van der Waals surface area contributed by atoms with Crippen LogP contribution in [0.4, 0.5) is 4.39 Å². The predicted octanol–water partition coefficient (Wildman–Crippen LogP) is 1.09. The third kappa shape index (κ3) is 3.83. The minimum atomic E-state index is -0.366. The van der Waals surface area contributed by atoms with Crippen molar-refractivity contribution in [2.45, 2.75) is 12.6 Å². The van der Waals surface area contributed by atoms with Crippen LogP contribution in [0.15, 0.2) is 48.8 Å². The number of aromatic nitrogens is 4. The summed E-state index contributed by atoms with van der Waals surface area (Å²) in [5.41, 5.74) is 7.57. The number of nitrogens with one attached hydrogen (secondary N) is 4. The molecule has 8 nitrogen and oxygen atoms in total. The maximum absolute atomic E-state index is 13.5. The smallest absolute Gasteiger partial charge is 0.226 e. The third-order valence-electron chi connectivity index (χ3n) is 4.43. The molecule has 2 atom stereocenters. The normalized spacial score (nSPS) is 19.1. The Kier molecular flexibility index (Phi) is 4.86. The quantitative estimate of drug-likeness (QED) is 0.538. The standard InChI is InChI=1S/C18H18FN7O/c19-13-3-1-2-12(8-13)16-14(9-22-25-16)18(27)21-10-15-23-17(26-24-15)11-4-6-20-7-5-11/h1-8,14,16,22,25H,9-10H2,(H,21,27)(H,23,24,26). The van der Waals surface area contributed by atoms with E-state index in [9.17, 15) is 9.18 Å². The highest BCUT2D eigenvalue weighted by Crippen LogP contribution is 2.25. The fraction of sp³-hybridized carbons (Fsp3) is 0.222.